The summed E-state index contributed by atoms with van der Waals surface area (Å²) in [6.45, 7) is 10.6. The molecule has 0 radical (unpaired) electrons. The zero-order valence-corrected chi connectivity index (χ0v) is 17.9. The lowest BCUT2D eigenvalue weighted by Gasteiger charge is -2.33. The van der Waals surface area contributed by atoms with E-state index in [2.05, 4.69) is 68.4 Å². The van der Waals surface area contributed by atoms with Crippen LogP contribution in [0.5, 0.6) is 0 Å². The number of thiazole rings is 1. The fraction of sp³-hybridized carbons (Fsp3) is 0.550. The number of hydrogen-bond donors (Lipinski definition) is 2. The Hall–Kier alpha value is -2.19. The minimum atomic E-state index is 0.601. The number of pyridine rings is 1. The Kier molecular flexibility index (Phi) is 7.62. The number of guanidine groups is 1. The summed E-state index contributed by atoms with van der Waals surface area (Å²) in [6.07, 6.45) is 4.93. The van der Waals surface area contributed by atoms with Gasteiger partial charge in [-0.2, -0.15) is 0 Å². The first-order valence-electron chi connectivity index (χ1n) is 10.0. The number of rotatable bonds is 7. The van der Waals surface area contributed by atoms with Gasteiger partial charge in [-0.25, -0.2) is 15.0 Å². The van der Waals surface area contributed by atoms with Crippen molar-refractivity contribution < 1.29 is 0 Å². The van der Waals surface area contributed by atoms with Crippen molar-refractivity contribution >= 4 is 23.1 Å². The zero-order chi connectivity index (χ0) is 19.8. The molecule has 2 aromatic rings. The Balaban J connectivity index is 1.54. The maximum absolute atomic E-state index is 4.69. The third-order valence-electron chi connectivity index (χ3n) is 4.76. The lowest BCUT2D eigenvalue weighted by molar-refractivity contribution is 0.312. The molecule has 0 aliphatic carbocycles. The molecule has 0 bridgehead atoms. The number of aliphatic imine (C=N–C) groups is 1. The lowest BCUT2D eigenvalue weighted by atomic mass is 10.2. The van der Waals surface area contributed by atoms with Crippen molar-refractivity contribution in [2.45, 2.75) is 33.4 Å². The highest BCUT2D eigenvalue weighted by Gasteiger charge is 2.14. The second-order valence-corrected chi connectivity index (χ2v) is 8.14. The van der Waals surface area contributed by atoms with Gasteiger partial charge in [-0.05, 0) is 32.0 Å². The minimum Gasteiger partial charge on any atom is -0.357 e. The van der Waals surface area contributed by atoms with E-state index in [-0.39, 0.29) is 0 Å². The van der Waals surface area contributed by atoms with Crippen molar-refractivity contribution in [3.05, 3.63) is 40.0 Å². The maximum Gasteiger partial charge on any atom is 0.191 e. The highest BCUT2D eigenvalue weighted by molar-refractivity contribution is 7.11. The molecule has 0 atom stereocenters. The van der Waals surface area contributed by atoms with E-state index >= 15 is 0 Å². The smallest absolute Gasteiger partial charge is 0.191 e. The monoisotopic (exact) mass is 401 g/mol. The summed E-state index contributed by atoms with van der Waals surface area (Å²) in [6, 6.07) is 4.24. The van der Waals surface area contributed by atoms with Crippen LogP contribution in [0.4, 0.5) is 5.82 Å². The van der Waals surface area contributed by atoms with Crippen LogP contribution in [-0.4, -0.2) is 60.6 Å². The highest BCUT2D eigenvalue weighted by atomic mass is 32.1. The molecular formula is C20H31N7S. The van der Waals surface area contributed by atoms with Gasteiger partial charge in [-0.1, -0.05) is 13.0 Å². The molecule has 1 aliphatic rings. The summed E-state index contributed by atoms with van der Waals surface area (Å²) < 4.78 is 0. The Morgan fingerprint density at radius 2 is 1.93 bits per heavy atom. The summed E-state index contributed by atoms with van der Waals surface area (Å²) >= 11 is 1.75. The number of likely N-dealkylation sites (N-methyl/N-ethyl adjacent to an activating group) is 1. The molecular weight excluding hydrogens is 370 g/mol. The van der Waals surface area contributed by atoms with Crippen LogP contribution in [0.3, 0.4) is 0 Å². The second-order valence-electron chi connectivity index (χ2n) is 6.94. The molecule has 2 N–H and O–H groups in total. The summed E-state index contributed by atoms with van der Waals surface area (Å²) in [7, 11) is 2.17. The first-order valence-corrected chi connectivity index (χ1v) is 10.8. The molecule has 152 valence electrons. The molecule has 0 saturated carbocycles. The number of hydrogen-bond acceptors (Lipinski definition) is 6. The molecule has 7 nitrogen and oxygen atoms in total. The van der Waals surface area contributed by atoms with E-state index < -0.39 is 0 Å². The Labute approximate surface area is 171 Å². The summed E-state index contributed by atoms with van der Waals surface area (Å²) in [4.78, 5) is 19.8. The molecule has 0 unspecified atom stereocenters. The minimum absolute atomic E-state index is 0.601. The average molecular weight is 402 g/mol. The van der Waals surface area contributed by atoms with E-state index in [1.165, 1.54) is 4.88 Å². The quantitative estimate of drug-likeness (QED) is 0.547. The van der Waals surface area contributed by atoms with Crippen LogP contribution in [0.2, 0.25) is 0 Å². The van der Waals surface area contributed by atoms with Crippen molar-refractivity contribution in [2.24, 2.45) is 4.99 Å². The molecule has 0 aromatic carbocycles. The van der Waals surface area contributed by atoms with Gasteiger partial charge in [0.05, 0.1) is 13.1 Å². The van der Waals surface area contributed by atoms with Gasteiger partial charge in [-0.3, -0.25) is 0 Å². The van der Waals surface area contributed by atoms with Crippen LogP contribution in [0.1, 0.15) is 29.3 Å². The van der Waals surface area contributed by atoms with Crippen LogP contribution in [0.15, 0.2) is 29.5 Å². The van der Waals surface area contributed by atoms with Gasteiger partial charge in [0.1, 0.15) is 10.8 Å². The summed E-state index contributed by atoms with van der Waals surface area (Å²) in [5.74, 6) is 1.86. The van der Waals surface area contributed by atoms with E-state index in [4.69, 9.17) is 0 Å². The molecule has 3 heterocycles. The average Bonchev–Trinajstić information content (AvgIpc) is 3.19. The SMILES string of the molecule is CCNC(=NCc1ccc(N2CCN(C)CC2)nc1)NCc1ncc(CC)s1. The number of aryl methyl sites for hydroxylation is 1. The third kappa shape index (κ3) is 5.90. The topological polar surface area (TPSA) is 68.7 Å². The third-order valence-corrected chi connectivity index (χ3v) is 5.90. The van der Waals surface area contributed by atoms with Gasteiger partial charge in [-0.15, -0.1) is 11.3 Å². The first kappa shape index (κ1) is 20.5. The predicted molar refractivity (Wildman–Crippen MR) is 117 cm³/mol. The summed E-state index contributed by atoms with van der Waals surface area (Å²) in [5, 5.41) is 7.74. The normalized spacial score (nSPS) is 15.7. The lowest BCUT2D eigenvalue weighted by Crippen LogP contribution is -2.44. The molecule has 1 fully saturated rings. The summed E-state index contributed by atoms with van der Waals surface area (Å²) in [5.41, 5.74) is 1.11. The fourth-order valence-corrected chi connectivity index (χ4v) is 3.80. The number of piperazine rings is 1. The molecule has 8 heteroatoms. The number of nitrogens with zero attached hydrogens (tertiary/aromatic N) is 5. The predicted octanol–water partition coefficient (Wildman–Crippen LogP) is 2.11. The van der Waals surface area contributed by atoms with Gasteiger partial charge >= 0.3 is 0 Å². The maximum atomic E-state index is 4.69. The van der Waals surface area contributed by atoms with Crippen LogP contribution >= 0.6 is 11.3 Å². The molecule has 1 aliphatic heterocycles. The van der Waals surface area contributed by atoms with Crippen molar-refractivity contribution in [2.75, 3.05) is 44.7 Å². The molecule has 0 amide bonds. The molecule has 2 aromatic heterocycles. The van der Waals surface area contributed by atoms with E-state index in [9.17, 15) is 0 Å². The zero-order valence-electron chi connectivity index (χ0n) is 17.1. The van der Waals surface area contributed by atoms with Gasteiger partial charge in [0.25, 0.3) is 0 Å². The molecule has 0 spiro atoms. The number of anilines is 1. The van der Waals surface area contributed by atoms with E-state index in [1.807, 2.05) is 12.4 Å². The van der Waals surface area contributed by atoms with Crippen molar-refractivity contribution in [3.63, 3.8) is 0 Å². The van der Waals surface area contributed by atoms with Crippen LogP contribution in [0.25, 0.3) is 0 Å². The van der Waals surface area contributed by atoms with E-state index in [0.717, 1.165) is 61.5 Å². The van der Waals surface area contributed by atoms with Crippen molar-refractivity contribution in [1.82, 2.24) is 25.5 Å². The van der Waals surface area contributed by atoms with Crippen molar-refractivity contribution in [1.29, 1.82) is 0 Å². The Bertz CT molecular complexity index is 748. The largest absolute Gasteiger partial charge is 0.357 e. The van der Waals surface area contributed by atoms with Gasteiger partial charge < -0.3 is 20.4 Å². The van der Waals surface area contributed by atoms with E-state index in [0.29, 0.717) is 13.1 Å². The number of nitrogens with one attached hydrogen (secondary N) is 2. The highest BCUT2D eigenvalue weighted by Crippen LogP contribution is 2.14. The molecule has 1 saturated heterocycles. The Morgan fingerprint density at radius 1 is 1.11 bits per heavy atom. The standard InChI is InChI=1S/C20H31N7S/c1-4-17-14-23-19(28-17)15-25-20(21-5-2)24-13-16-6-7-18(22-12-16)27-10-8-26(3)9-11-27/h6-7,12,14H,4-5,8-11,13,15H2,1-3H3,(H2,21,24,25). The van der Waals surface area contributed by atoms with Crippen LogP contribution < -0.4 is 15.5 Å². The second kappa shape index (κ2) is 10.4. The van der Waals surface area contributed by atoms with Gasteiger partial charge in [0.15, 0.2) is 5.96 Å². The van der Waals surface area contributed by atoms with E-state index in [1.54, 1.807) is 11.3 Å². The molecule has 28 heavy (non-hydrogen) atoms. The van der Waals surface area contributed by atoms with Crippen molar-refractivity contribution in [3.8, 4) is 0 Å². The molecule has 3 rings (SSSR count). The van der Waals surface area contributed by atoms with Crippen LogP contribution in [0, 0.1) is 0 Å². The van der Waals surface area contributed by atoms with Gasteiger partial charge in [0.2, 0.25) is 0 Å². The first-order chi connectivity index (χ1) is 13.7. The van der Waals surface area contributed by atoms with Crippen LogP contribution in [-0.2, 0) is 19.5 Å². The van der Waals surface area contributed by atoms with Gasteiger partial charge in [0, 0.05) is 50.0 Å². The fourth-order valence-electron chi connectivity index (χ4n) is 3.00. The number of aromatic nitrogens is 2. The Morgan fingerprint density at radius 3 is 2.57 bits per heavy atom.